The fourth-order valence-electron chi connectivity index (χ4n) is 4.53. The van der Waals surface area contributed by atoms with E-state index in [1.54, 1.807) is 24.3 Å². The number of hydrogen-bond acceptors (Lipinski definition) is 7. The number of nitrogens with one attached hydrogen (secondary N) is 1. The second-order valence-corrected chi connectivity index (χ2v) is 9.14. The third-order valence-electron chi connectivity index (χ3n) is 6.49. The molecule has 0 saturated carbocycles. The van der Waals surface area contributed by atoms with Crippen LogP contribution in [-0.4, -0.2) is 67.4 Å². The molecule has 3 aromatic rings. The first-order valence-electron chi connectivity index (χ1n) is 12.1. The second kappa shape index (κ2) is 10.6. The molecule has 3 heterocycles. The Morgan fingerprint density at radius 2 is 1.84 bits per heavy atom. The number of aromatic nitrogens is 1. The molecular weight excluding hydrogens is 484 g/mol. The molecule has 194 valence electrons. The number of benzene rings is 2. The van der Waals surface area contributed by atoms with E-state index >= 15 is 4.39 Å². The topological polar surface area (TPSA) is 91.2 Å². The van der Waals surface area contributed by atoms with Crippen molar-refractivity contribution in [2.45, 2.75) is 19.6 Å². The van der Waals surface area contributed by atoms with E-state index in [9.17, 15) is 14.0 Å². The molecule has 1 aromatic heterocycles. The quantitative estimate of drug-likeness (QED) is 0.520. The van der Waals surface area contributed by atoms with Gasteiger partial charge in [0, 0.05) is 44.7 Å². The normalized spacial score (nSPS) is 18.2. The maximum Gasteiger partial charge on any atom is 0.414 e. The zero-order chi connectivity index (χ0) is 25.9. The fraction of sp³-hybridized carbons (Fsp3) is 0.346. The van der Waals surface area contributed by atoms with E-state index in [0.29, 0.717) is 55.6 Å². The highest BCUT2D eigenvalue weighted by Gasteiger charge is 2.33. The summed E-state index contributed by atoms with van der Waals surface area (Å²) in [4.78, 5) is 28.9. The maximum atomic E-state index is 15.1. The highest BCUT2D eigenvalue weighted by atomic mass is 19.1. The van der Waals surface area contributed by atoms with E-state index in [1.165, 1.54) is 30.0 Å². The summed E-state index contributed by atoms with van der Waals surface area (Å²) in [7, 11) is 0. The second-order valence-electron chi connectivity index (χ2n) is 9.14. The molecule has 2 amide bonds. The van der Waals surface area contributed by atoms with Crippen LogP contribution in [0.25, 0.3) is 11.3 Å². The van der Waals surface area contributed by atoms with Gasteiger partial charge in [-0.05, 0) is 42.5 Å². The third-order valence-corrected chi connectivity index (χ3v) is 6.49. The van der Waals surface area contributed by atoms with Crippen molar-refractivity contribution in [1.29, 1.82) is 0 Å². The van der Waals surface area contributed by atoms with Gasteiger partial charge in [0.05, 0.1) is 31.0 Å². The predicted molar refractivity (Wildman–Crippen MR) is 132 cm³/mol. The Bertz CT molecular complexity index is 1270. The maximum absolute atomic E-state index is 15.1. The van der Waals surface area contributed by atoms with Crippen LogP contribution >= 0.6 is 0 Å². The van der Waals surface area contributed by atoms with E-state index in [-0.39, 0.29) is 24.8 Å². The molecule has 11 heteroatoms. The Morgan fingerprint density at radius 3 is 2.54 bits per heavy atom. The number of amides is 2. The minimum Gasteiger partial charge on any atom is -0.442 e. The number of piperazine rings is 1. The minimum atomic E-state index is -0.564. The van der Waals surface area contributed by atoms with Crippen LogP contribution in [0, 0.1) is 11.6 Å². The van der Waals surface area contributed by atoms with Crippen molar-refractivity contribution in [2.24, 2.45) is 0 Å². The van der Waals surface area contributed by atoms with Crippen molar-refractivity contribution < 1.29 is 27.6 Å². The average Bonchev–Trinajstić information content (AvgIpc) is 3.50. The molecule has 2 saturated heterocycles. The number of anilines is 2. The van der Waals surface area contributed by atoms with Gasteiger partial charge in [-0.3, -0.25) is 14.6 Å². The van der Waals surface area contributed by atoms with Crippen LogP contribution in [0.4, 0.5) is 25.0 Å². The van der Waals surface area contributed by atoms with E-state index in [0.717, 1.165) is 5.56 Å². The van der Waals surface area contributed by atoms with Gasteiger partial charge in [-0.2, -0.15) is 0 Å². The SMILES string of the molecule is CC(=O)NC[C@H]1CN(c2ccc(N3CCN(Cc4cc(-c5ccc(F)cc5)no4)CC3)c(F)c2)C(=O)O1. The summed E-state index contributed by atoms with van der Waals surface area (Å²) in [6, 6.07) is 12.7. The summed E-state index contributed by atoms with van der Waals surface area (Å²) in [5.74, 6) is -0.219. The van der Waals surface area contributed by atoms with Gasteiger partial charge in [0.1, 0.15) is 23.4 Å². The number of carbonyl (C=O) groups is 2. The summed E-state index contributed by atoms with van der Waals surface area (Å²) in [5, 5.41) is 6.71. The number of halogens is 2. The Labute approximate surface area is 212 Å². The molecule has 37 heavy (non-hydrogen) atoms. The predicted octanol–water partition coefficient (Wildman–Crippen LogP) is 3.40. The molecule has 0 spiro atoms. The molecular formula is C26H27F2N5O4. The summed E-state index contributed by atoms with van der Waals surface area (Å²) in [6.45, 7) is 5.07. The fourth-order valence-corrected chi connectivity index (χ4v) is 4.53. The molecule has 2 fully saturated rings. The van der Waals surface area contributed by atoms with Crippen LogP contribution in [0.5, 0.6) is 0 Å². The zero-order valence-corrected chi connectivity index (χ0v) is 20.3. The number of hydrogen-bond donors (Lipinski definition) is 1. The molecule has 2 aliphatic rings. The molecule has 2 aliphatic heterocycles. The first-order chi connectivity index (χ1) is 17.9. The van der Waals surface area contributed by atoms with Gasteiger partial charge in [0.15, 0.2) is 5.76 Å². The van der Waals surface area contributed by atoms with Crippen LogP contribution in [0.2, 0.25) is 0 Å². The Balaban J connectivity index is 1.15. The van der Waals surface area contributed by atoms with Crippen LogP contribution in [0.15, 0.2) is 53.1 Å². The first kappa shape index (κ1) is 24.7. The van der Waals surface area contributed by atoms with Crippen molar-refractivity contribution in [3.05, 3.63) is 65.9 Å². The average molecular weight is 512 g/mol. The van der Waals surface area contributed by atoms with E-state index in [1.807, 2.05) is 11.0 Å². The molecule has 9 nitrogen and oxygen atoms in total. The number of cyclic esters (lactones) is 1. The number of carbonyl (C=O) groups excluding carboxylic acids is 2. The Hall–Kier alpha value is -3.99. The van der Waals surface area contributed by atoms with Crippen molar-refractivity contribution in [1.82, 2.24) is 15.4 Å². The molecule has 5 rings (SSSR count). The van der Waals surface area contributed by atoms with Gasteiger partial charge in [0.25, 0.3) is 0 Å². The highest BCUT2D eigenvalue weighted by molar-refractivity contribution is 5.90. The molecule has 1 atom stereocenters. The Kier molecular flexibility index (Phi) is 7.04. The summed E-state index contributed by atoms with van der Waals surface area (Å²) < 4.78 is 38.9. The van der Waals surface area contributed by atoms with Crippen LogP contribution in [-0.2, 0) is 16.1 Å². The number of rotatable bonds is 7. The van der Waals surface area contributed by atoms with E-state index < -0.39 is 18.0 Å². The molecule has 0 bridgehead atoms. The van der Waals surface area contributed by atoms with Crippen LogP contribution < -0.4 is 15.1 Å². The van der Waals surface area contributed by atoms with Gasteiger partial charge in [-0.15, -0.1) is 0 Å². The molecule has 0 radical (unpaired) electrons. The largest absolute Gasteiger partial charge is 0.442 e. The van der Waals surface area contributed by atoms with Gasteiger partial charge in [0.2, 0.25) is 5.91 Å². The zero-order valence-electron chi connectivity index (χ0n) is 20.3. The monoisotopic (exact) mass is 511 g/mol. The van der Waals surface area contributed by atoms with E-state index in [2.05, 4.69) is 15.4 Å². The number of ether oxygens (including phenoxy) is 1. The lowest BCUT2D eigenvalue weighted by molar-refractivity contribution is -0.119. The molecule has 0 unspecified atom stereocenters. The summed E-state index contributed by atoms with van der Waals surface area (Å²) >= 11 is 0. The van der Waals surface area contributed by atoms with Crippen molar-refractivity contribution in [3.63, 3.8) is 0 Å². The summed E-state index contributed by atoms with van der Waals surface area (Å²) in [5.41, 5.74) is 2.33. The lowest BCUT2D eigenvalue weighted by atomic mass is 10.1. The van der Waals surface area contributed by atoms with Gasteiger partial charge in [-0.1, -0.05) is 5.16 Å². The van der Waals surface area contributed by atoms with Gasteiger partial charge < -0.3 is 19.5 Å². The molecule has 0 aliphatic carbocycles. The third kappa shape index (κ3) is 5.72. The summed E-state index contributed by atoms with van der Waals surface area (Å²) in [6.07, 6.45) is -1.05. The molecule has 2 aromatic carbocycles. The van der Waals surface area contributed by atoms with E-state index in [4.69, 9.17) is 9.26 Å². The lowest BCUT2D eigenvalue weighted by Gasteiger charge is -2.35. The van der Waals surface area contributed by atoms with Crippen molar-refractivity contribution in [2.75, 3.05) is 49.1 Å². The smallest absolute Gasteiger partial charge is 0.414 e. The van der Waals surface area contributed by atoms with Gasteiger partial charge >= 0.3 is 6.09 Å². The minimum absolute atomic E-state index is 0.208. The standard InChI is InChI=1S/C26H27F2N5O4/c1-17(34)29-14-22-16-33(26(35)36-22)20-6-7-25(23(28)12-20)32-10-8-31(9-11-32)15-21-13-24(30-37-21)18-2-4-19(27)5-3-18/h2-7,12-13,22H,8-11,14-16H2,1H3,(H,29,34)/t22-/m0/s1. The first-order valence-corrected chi connectivity index (χ1v) is 12.1. The Morgan fingerprint density at radius 1 is 1.08 bits per heavy atom. The van der Waals surface area contributed by atoms with Gasteiger partial charge in [-0.25, -0.2) is 13.6 Å². The molecule has 1 N–H and O–H groups in total. The van der Waals surface area contributed by atoms with Crippen LogP contribution in [0.3, 0.4) is 0 Å². The van der Waals surface area contributed by atoms with Crippen molar-refractivity contribution in [3.8, 4) is 11.3 Å². The van der Waals surface area contributed by atoms with Crippen molar-refractivity contribution >= 4 is 23.4 Å². The highest BCUT2D eigenvalue weighted by Crippen LogP contribution is 2.29. The lowest BCUT2D eigenvalue weighted by Crippen LogP contribution is -2.46. The van der Waals surface area contributed by atoms with Crippen LogP contribution in [0.1, 0.15) is 12.7 Å². The number of nitrogens with zero attached hydrogens (tertiary/aromatic N) is 4.